The second-order valence-electron chi connectivity index (χ2n) is 2.76. The lowest BCUT2D eigenvalue weighted by atomic mass is 9.98. The van der Waals surface area contributed by atoms with Gasteiger partial charge in [0.2, 0.25) is 0 Å². The lowest BCUT2D eigenvalue weighted by Crippen LogP contribution is -2.17. The van der Waals surface area contributed by atoms with E-state index in [4.69, 9.17) is 4.18 Å². The van der Waals surface area contributed by atoms with Gasteiger partial charge in [0.1, 0.15) is 0 Å². The van der Waals surface area contributed by atoms with Crippen molar-refractivity contribution in [1.82, 2.24) is 0 Å². The topological polar surface area (TPSA) is 26.3 Å². The molecule has 60 valence electrons. The van der Waals surface area contributed by atoms with Crippen molar-refractivity contribution in [3.63, 3.8) is 0 Å². The molecule has 0 amide bonds. The van der Waals surface area contributed by atoms with Crippen LogP contribution in [0.3, 0.4) is 0 Å². The molecule has 0 spiro atoms. The van der Waals surface area contributed by atoms with E-state index in [0.717, 1.165) is 12.8 Å². The predicted molar refractivity (Wildman–Crippen MR) is 42.0 cm³/mol. The molecule has 1 aliphatic carbocycles. The van der Waals surface area contributed by atoms with E-state index in [1.165, 1.54) is 19.3 Å². The Hall–Kier alpha value is 0.110. The Kier molecular flexibility index (Phi) is 3.35. The van der Waals surface area contributed by atoms with Crippen molar-refractivity contribution < 1.29 is 8.39 Å². The maximum absolute atomic E-state index is 10.6. The maximum Gasteiger partial charge on any atom is 0.152 e. The monoisotopic (exact) mass is 162 g/mol. The third kappa shape index (κ3) is 2.80. The van der Waals surface area contributed by atoms with Crippen molar-refractivity contribution >= 4 is 11.1 Å². The Labute approximate surface area is 64.6 Å². The summed E-state index contributed by atoms with van der Waals surface area (Å²) in [4.78, 5) is 0. The molecule has 0 saturated heterocycles. The van der Waals surface area contributed by atoms with Crippen molar-refractivity contribution in [3.05, 3.63) is 0 Å². The third-order valence-electron chi connectivity index (χ3n) is 1.82. The van der Waals surface area contributed by atoms with Crippen LogP contribution >= 0.6 is 0 Å². The van der Waals surface area contributed by atoms with Gasteiger partial charge in [-0.3, -0.25) is 4.18 Å². The molecular weight excluding hydrogens is 148 g/mol. The molecule has 0 radical (unpaired) electrons. The fourth-order valence-corrected chi connectivity index (χ4v) is 1.93. The van der Waals surface area contributed by atoms with Gasteiger partial charge in [0.15, 0.2) is 11.1 Å². The zero-order valence-corrected chi connectivity index (χ0v) is 7.15. The van der Waals surface area contributed by atoms with Crippen LogP contribution in [0.25, 0.3) is 0 Å². The Morgan fingerprint density at radius 1 is 1.30 bits per heavy atom. The minimum absolute atomic E-state index is 0.277. The van der Waals surface area contributed by atoms with Crippen LogP contribution in [0.1, 0.15) is 32.1 Å². The quantitative estimate of drug-likeness (QED) is 0.617. The SMILES string of the molecule is CS(=O)OC1CCCCC1. The van der Waals surface area contributed by atoms with Gasteiger partial charge in [-0.25, -0.2) is 4.21 Å². The van der Waals surface area contributed by atoms with Gasteiger partial charge in [-0.1, -0.05) is 19.3 Å². The summed E-state index contributed by atoms with van der Waals surface area (Å²) in [6, 6.07) is 0. The van der Waals surface area contributed by atoms with Crippen LogP contribution in [0.15, 0.2) is 0 Å². The molecule has 3 heteroatoms. The van der Waals surface area contributed by atoms with E-state index in [1.807, 2.05) is 0 Å². The fraction of sp³-hybridized carbons (Fsp3) is 1.00. The first-order valence-corrected chi connectivity index (χ1v) is 5.28. The minimum Gasteiger partial charge on any atom is -0.287 e. The molecule has 2 nitrogen and oxygen atoms in total. The van der Waals surface area contributed by atoms with Crippen LogP contribution in [0.5, 0.6) is 0 Å². The minimum atomic E-state index is -1.06. The third-order valence-corrected chi connectivity index (χ3v) is 2.37. The van der Waals surface area contributed by atoms with Gasteiger partial charge in [0.25, 0.3) is 0 Å². The molecule has 1 atom stereocenters. The Morgan fingerprint density at radius 2 is 1.90 bits per heavy atom. The summed E-state index contributed by atoms with van der Waals surface area (Å²) in [5.74, 6) is 0. The highest BCUT2D eigenvalue weighted by molar-refractivity contribution is 7.79. The Balaban J connectivity index is 2.19. The van der Waals surface area contributed by atoms with Crippen LogP contribution in [-0.2, 0) is 15.3 Å². The van der Waals surface area contributed by atoms with Crippen LogP contribution in [-0.4, -0.2) is 16.6 Å². The molecular formula is C7H14O2S. The number of rotatable bonds is 2. The molecule has 1 rings (SSSR count). The molecule has 10 heavy (non-hydrogen) atoms. The number of hydrogen-bond donors (Lipinski definition) is 0. The molecule has 1 saturated carbocycles. The average Bonchev–Trinajstić information content (AvgIpc) is 1.88. The van der Waals surface area contributed by atoms with E-state index >= 15 is 0 Å². The smallest absolute Gasteiger partial charge is 0.152 e. The van der Waals surface area contributed by atoms with Crippen LogP contribution in [0.2, 0.25) is 0 Å². The van der Waals surface area contributed by atoms with Gasteiger partial charge in [0.05, 0.1) is 6.10 Å². The number of hydrogen-bond acceptors (Lipinski definition) is 2. The van der Waals surface area contributed by atoms with E-state index in [-0.39, 0.29) is 6.10 Å². The van der Waals surface area contributed by atoms with Gasteiger partial charge in [-0.2, -0.15) is 0 Å². The lowest BCUT2D eigenvalue weighted by molar-refractivity contribution is 0.175. The van der Waals surface area contributed by atoms with E-state index < -0.39 is 11.1 Å². The molecule has 0 aromatic heterocycles. The van der Waals surface area contributed by atoms with Crippen molar-refractivity contribution in [2.45, 2.75) is 38.2 Å². The average molecular weight is 162 g/mol. The van der Waals surface area contributed by atoms with Gasteiger partial charge in [-0.05, 0) is 12.8 Å². The predicted octanol–water partition coefficient (Wildman–Crippen LogP) is 1.63. The Morgan fingerprint density at radius 3 is 2.40 bits per heavy atom. The zero-order chi connectivity index (χ0) is 7.40. The molecule has 1 aliphatic rings. The van der Waals surface area contributed by atoms with Crippen molar-refractivity contribution in [2.75, 3.05) is 6.26 Å². The summed E-state index contributed by atoms with van der Waals surface area (Å²) in [6.45, 7) is 0. The van der Waals surface area contributed by atoms with E-state index in [0.29, 0.717) is 0 Å². The second-order valence-corrected chi connectivity index (χ2v) is 3.75. The summed E-state index contributed by atoms with van der Waals surface area (Å²) < 4.78 is 15.8. The fourth-order valence-electron chi connectivity index (χ4n) is 1.35. The summed E-state index contributed by atoms with van der Waals surface area (Å²) in [5, 5.41) is 0. The highest BCUT2D eigenvalue weighted by Gasteiger charge is 2.14. The highest BCUT2D eigenvalue weighted by atomic mass is 32.2. The van der Waals surface area contributed by atoms with Crippen LogP contribution < -0.4 is 0 Å². The first-order valence-electron chi connectivity index (χ1n) is 3.79. The first kappa shape index (κ1) is 8.21. The van der Waals surface area contributed by atoms with Crippen molar-refractivity contribution in [2.24, 2.45) is 0 Å². The molecule has 0 bridgehead atoms. The van der Waals surface area contributed by atoms with Gasteiger partial charge in [-0.15, -0.1) is 0 Å². The van der Waals surface area contributed by atoms with Crippen molar-refractivity contribution in [3.8, 4) is 0 Å². The molecule has 1 unspecified atom stereocenters. The normalized spacial score (nSPS) is 24.5. The van der Waals surface area contributed by atoms with Crippen LogP contribution in [0, 0.1) is 0 Å². The van der Waals surface area contributed by atoms with E-state index in [2.05, 4.69) is 0 Å². The summed E-state index contributed by atoms with van der Waals surface area (Å²) in [5.41, 5.74) is 0. The molecule has 0 heterocycles. The summed E-state index contributed by atoms with van der Waals surface area (Å²) in [6.07, 6.45) is 7.85. The highest BCUT2D eigenvalue weighted by Crippen LogP contribution is 2.20. The molecule has 0 aliphatic heterocycles. The van der Waals surface area contributed by atoms with Crippen molar-refractivity contribution in [1.29, 1.82) is 0 Å². The maximum atomic E-state index is 10.6. The largest absolute Gasteiger partial charge is 0.287 e. The van der Waals surface area contributed by atoms with Gasteiger partial charge >= 0.3 is 0 Å². The van der Waals surface area contributed by atoms with Gasteiger partial charge in [0, 0.05) is 6.26 Å². The van der Waals surface area contributed by atoms with E-state index in [1.54, 1.807) is 6.26 Å². The summed E-state index contributed by atoms with van der Waals surface area (Å²) >= 11 is -1.06. The Bertz CT molecular complexity index is 119. The molecule has 1 fully saturated rings. The lowest BCUT2D eigenvalue weighted by Gasteiger charge is -2.19. The van der Waals surface area contributed by atoms with Gasteiger partial charge < -0.3 is 0 Å². The summed E-state index contributed by atoms with van der Waals surface area (Å²) in [7, 11) is 0. The molecule has 0 aromatic carbocycles. The molecule has 0 aromatic rings. The second kappa shape index (κ2) is 4.09. The van der Waals surface area contributed by atoms with E-state index in [9.17, 15) is 4.21 Å². The molecule has 0 N–H and O–H groups in total. The zero-order valence-electron chi connectivity index (χ0n) is 6.34. The van der Waals surface area contributed by atoms with Crippen LogP contribution in [0.4, 0.5) is 0 Å². The first-order chi connectivity index (χ1) is 4.79. The standard InChI is InChI=1S/C7H14O2S/c1-10(8)9-7-5-3-2-4-6-7/h7H,2-6H2,1H3.